The maximum absolute atomic E-state index is 14.3. The van der Waals surface area contributed by atoms with Gasteiger partial charge in [-0.15, -0.1) is 0 Å². The summed E-state index contributed by atoms with van der Waals surface area (Å²) in [5.74, 6) is -0.707. The third kappa shape index (κ3) is 3.48. The summed E-state index contributed by atoms with van der Waals surface area (Å²) in [7, 11) is 1.82. The number of primary amides is 1. The van der Waals surface area contributed by atoms with Crippen LogP contribution in [-0.2, 0) is 11.3 Å². The first-order chi connectivity index (χ1) is 9.61. The SMILES string of the molecule is CNCc1ccc(N(CC(N)=O)C2CCCC2)c(F)c1. The number of hydrogen-bond donors (Lipinski definition) is 2. The van der Waals surface area contributed by atoms with Crippen LogP contribution in [0.5, 0.6) is 0 Å². The maximum atomic E-state index is 14.3. The summed E-state index contributed by atoms with van der Waals surface area (Å²) < 4.78 is 14.3. The molecule has 5 heteroatoms. The standard InChI is InChI=1S/C15H22FN3O/c1-18-9-11-6-7-14(13(16)8-11)19(10-15(17)20)12-4-2-3-5-12/h6-8,12,18H,2-5,9-10H2,1H3,(H2,17,20). The van der Waals surface area contributed by atoms with Gasteiger partial charge in [-0.2, -0.15) is 0 Å². The Bertz CT molecular complexity index is 472. The van der Waals surface area contributed by atoms with Gasteiger partial charge in [0.25, 0.3) is 0 Å². The molecule has 0 aliphatic heterocycles. The first kappa shape index (κ1) is 14.8. The first-order valence-corrected chi connectivity index (χ1v) is 7.10. The van der Waals surface area contributed by atoms with E-state index in [2.05, 4.69) is 5.32 Å². The third-order valence-electron chi connectivity index (χ3n) is 3.79. The highest BCUT2D eigenvalue weighted by Gasteiger charge is 2.26. The fourth-order valence-corrected chi connectivity index (χ4v) is 2.89. The Morgan fingerprint density at radius 2 is 2.15 bits per heavy atom. The topological polar surface area (TPSA) is 58.4 Å². The second-order valence-electron chi connectivity index (χ2n) is 5.35. The second-order valence-corrected chi connectivity index (χ2v) is 5.35. The van der Waals surface area contributed by atoms with Gasteiger partial charge in [0.05, 0.1) is 12.2 Å². The minimum atomic E-state index is -0.421. The largest absolute Gasteiger partial charge is 0.368 e. The molecule has 0 unspecified atom stereocenters. The lowest BCUT2D eigenvalue weighted by Gasteiger charge is -2.30. The number of nitrogens with two attached hydrogens (primary N) is 1. The minimum Gasteiger partial charge on any atom is -0.368 e. The average Bonchev–Trinajstić information content (AvgIpc) is 2.90. The Balaban J connectivity index is 2.25. The molecule has 1 aromatic carbocycles. The fraction of sp³-hybridized carbons (Fsp3) is 0.533. The van der Waals surface area contributed by atoms with Gasteiger partial charge < -0.3 is 16.0 Å². The molecule has 0 atom stereocenters. The number of amides is 1. The molecule has 20 heavy (non-hydrogen) atoms. The number of halogens is 1. The Kier molecular flexibility index (Phi) is 4.95. The molecule has 3 N–H and O–H groups in total. The summed E-state index contributed by atoms with van der Waals surface area (Å²) in [5, 5.41) is 2.99. The number of nitrogens with one attached hydrogen (secondary N) is 1. The van der Waals surface area contributed by atoms with Crippen LogP contribution >= 0.6 is 0 Å². The molecule has 1 saturated carbocycles. The Labute approximate surface area is 119 Å². The van der Waals surface area contributed by atoms with E-state index in [4.69, 9.17) is 5.73 Å². The molecule has 1 fully saturated rings. The van der Waals surface area contributed by atoms with Gasteiger partial charge in [0.15, 0.2) is 0 Å². The van der Waals surface area contributed by atoms with Gasteiger partial charge in [-0.3, -0.25) is 4.79 Å². The van der Waals surface area contributed by atoms with E-state index in [9.17, 15) is 9.18 Å². The molecule has 1 aliphatic carbocycles. The van der Waals surface area contributed by atoms with Crippen molar-refractivity contribution >= 4 is 11.6 Å². The molecular weight excluding hydrogens is 257 g/mol. The first-order valence-electron chi connectivity index (χ1n) is 7.10. The summed E-state index contributed by atoms with van der Waals surface area (Å²) in [4.78, 5) is 13.1. The van der Waals surface area contributed by atoms with E-state index < -0.39 is 5.91 Å². The lowest BCUT2D eigenvalue weighted by molar-refractivity contribution is -0.116. The second kappa shape index (κ2) is 6.70. The molecule has 0 spiro atoms. The highest BCUT2D eigenvalue weighted by molar-refractivity contribution is 5.79. The molecule has 1 aliphatic rings. The van der Waals surface area contributed by atoms with Crippen molar-refractivity contribution in [2.45, 2.75) is 38.3 Å². The van der Waals surface area contributed by atoms with E-state index in [1.54, 1.807) is 6.07 Å². The van der Waals surface area contributed by atoms with E-state index >= 15 is 0 Å². The van der Waals surface area contributed by atoms with Crippen molar-refractivity contribution in [1.29, 1.82) is 0 Å². The van der Waals surface area contributed by atoms with Crippen molar-refractivity contribution in [2.75, 3.05) is 18.5 Å². The quantitative estimate of drug-likeness (QED) is 0.834. The Hall–Kier alpha value is -1.62. The summed E-state index contributed by atoms with van der Waals surface area (Å²) >= 11 is 0. The van der Waals surface area contributed by atoms with E-state index in [-0.39, 0.29) is 18.4 Å². The van der Waals surface area contributed by atoms with Crippen LogP contribution in [0, 0.1) is 5.82 Å². The van der Waals surface area contributed by atoms with Crippen LogP contribution in [0.2, 0.25) is 0 Å². The zero-order valence-electron chi connectivity index (χ0n) is 11.9. The van der Waals surface area contributed by atoms with Crippen LogP contribution in [0.4, 0.5) is 10.1 Å². The molecular formula is C15H22FN3O. The number of anilines is 1. The van der Waals surface area contributed by atoms with Gasteiger partial charge >= 0.3 is 0 Å². The average molecular weight is 279 g/mol. The zero-order chi connectivity index (χ0) is 14.5. The van der Waals surface area contributed by atoms with Gasteiger partial charge in [-0.1, -0.05) is 18.9 Å². The highest BCUT2D eigenvalue weighted by Crippen LogP contribution is 2.30. The molecule has 2 rings (SSSR count). The highest BCUT2D eigenvalue weighted by atomic mass is 19.1. The van der Waals surface area contributed by atoms with Crippen LogP contribution in [0.25, 0.3) is 0 Å². The monoisotopic (exact) mass is 279 g/mol. The van der Waals surface area contributed by atoms with Crippen molar-refractivity contribution in [3.63, 3.8) is 0 Å². The number of nitrogens with zero attached hydrogens (tertiary/aromatic N) is 1. The van der Waals surface area contributed by atoms with Crippen molar-refractivity contribution < 1.29 is 9.18 Å². The normalized spacial score (nSPS) is 15.5. The molecule has 0 radical (unpaired) electrons. The molecule has 1 amide bonds. The number of carbonyl (C=O) groups is 1. The number of rotatable bonds is 6. The zero-order valence-corrected chi connectivity index (χ0v) is 11.9. The molecule has 110 valence electrons. The summed E-state index contributed by atoms with van der Waals surface area (Å²) in [6.07, 6.45) is 4.23. The molecule has 1 aromatic rings. The summed E-state index contributed by atoms with van der Waals surface area (Å²) in [5.41, 5.74) is 6.68. The predicted octanol–water partition coefficient (Wildman–Crippen LogP) is 1.78. The molecule has 0 aromatic heterocycles. The maximum Gasteiger partial charge on any atom is 0.236 e. The molecule has 0 bridgehead atoms. The van der Waals surface area contributed by atoms with Crippen LogP contribution < -0.4 is 16.0 Å². The Morgan fingerprint density at radius 1 is 1.45 bits per heavy atom. The van der Waals surface area contributed by atoms with E-state index in [0.717, 1.165) is 31.2 Å². The van der Waals surface area contributed by atoms with Crippen LogP contribution in [0.15, 0.2) is 18.2 Å². The Morgan fingerprint density at radius 3 is 2.70 bits per heavy atom. The number of hydrogen-bond acceptors (Lipinski definition) is 3. The molecule has 0 heterocycles. The summed E-state index contributed by atoms with van der Waals surface area (Å²) in [6, 6.07) is 5.38. The minimum absolute atomic E-state index is 0.0764. The van der Waals surface area contributed by atoms with Gasteiger partial charge in [-0.05, 0) is 37.6 Å². The predicted molar refractivity (Wildman–Crippen MR) is 78.0 cm³/mol. The van der Waals surface area contributed by atoms with Crippen LogP contribution in [0.3, 0.4) is 0 Å². The lowest BCUT2D eigenvalue weighted by atomic mass is 10.1. The number of benzene rings is 1. The van der Waals surface area contributed by atoms with Crippen LogP contribution in [-0.4, -0.2) is 25.5 Å². The summed E-state index contributed by atoms with van der Waals surface area (Å²) in [6.45, 7) is 0.698. The molecule has 0 saturated heterocycles. The smallest absolute Gasteiger partial charge is 0.236 e. The fourth-order valence-electron chi connectivity index (χ4n) is 2.89. The van der Waals surface area contributed by atoms with E-state index in [0.29, 0.717) is 12.2 Å². The third-order valence-corrected chi connectivity index (χ3v) is 3.79. The van der Waals surface area contributed by atoms with Gasteiger partial charge in [0.1, 0.15) is 5.82 Å². The van der Waals surface area contributed by atoms with E-state index in [1.165, 1.54) is 6.07 Å². The van der Waals surface area contributed by atoms with Gasteiger partial charge in [-0.25, -0.2) is 4.39 Å². The van der Waals surface area contributed by atoms with Crippen molar-refractivity contribution in [2.24, 2.45) is 5.73 Å². The van der Waals surface area contributed by atoms with Crippen molar-refractivity contribution in [1.82, 2.24) is 5.32 Å². The molecule has 4 nitrogen and oxygen atoms in total. The van der Waals surface area contributed by atoms with Crippen molar-refractivity contribution in [3.05, 3.63) is 29.6 Å². The van der Waals surface area contributed by atoms with E-state index in [1.807, 2.05) is 18.0 Å². The van der Waals surface area contributed by atoms with Crippen LogP contribution in [0.1, 0.15) is 31.2 Å². The lowest BCUT2D eigenvalue weighted by Crippen LogP contribution is -2.40. The number of carbonyl (C=O) groups excluding carboxylic acids is 1. The van der Waals surface area contributed by atoms with Crippen molar-refractivity contribution in [3.8, 4) is 0 Å². The van der Waals surface area contributed by atoms with Gasteiger partial charge in [0, 0.05) is 12.6 Å². The van der Waals surface area contributed by atoms with Gasteiger partial charge in [0.2, 0.25) is 5.91 Å².